The maximum Gasteiger partial charge on any atom is 0.263 e. The molecule has 114 valence electrons. The van der Waals surface area contributed by atoms with Gasteiger partial charge >= 0.3 is 0 Å². The molecule has 21 heavy (non-hydrogen) atoms. The number of hydrogen-bond donors (Lipinski definition) is 1. The maximum absolute atomic E-state index is 12.2. The molecule has 0 aliphatic carbocycles. The van der Waals surface area contributed by atoms with Crippen LogP contribution in [0.5, 0.6) is 0 Å². The molecule has 0 saturated heterocycles. The summed E-state index contributed by atoms with van der Waals surface area (Å²) in [5.74, 6) is 1.12. The van der Waals surface area contributed by atoms with E-state index < -0.39 is 0 Å². The van der Waals surface area contributed by atoms with Crippen molar-refractivity contribution in [1.82, 2.24) is 19.9 Å². The molecule has 2 heterocycles. The Morgan fingerprint density at radius 3 is 2.86 bits per heavy atom. The highest BCUT2D eigenvalue weighted by Gasteiger charge is 2.16. The first kappa shape index (κ1) is 16.0. The number of rotatable bonds is 6. The molecule has 1 amide bonds. The third kappa shape index (κ3) is 4.07. The number of aromatic nitrogens is 3. The second-order valence-corrected chi connectivity index (χ2v) is 7.14. The number of aryl methyl sites for hydroxylation is 2. The van der Waals surface area contributed by atoms with Gasteiger partial charge in [0.15, 0.2) is 5.16 Å². The summed E-state index contributed by atoms with van der Waals surface area (Å²) in [7, 11) is 1.96. The van der Waals surface area contributed by atoms with Gasteiger partial charge in [-0.2, -0.15) is 0 Å². The average molecular weight is 324 g/mol. The number of thiazole rings is 1. The third-order valence-corrected chi connectivity index (χ3v) is 5.43. The van der Waals surface area contributed by atoms with E-state index in [4.69, 9.17) is 0 Å². The van der Waals surface area contributed by atoms with Crippen LogP contribution in [0.25, 0.3) is 0 Å². The van der Waals surface area contributed by atoms with Crippen LogP contribution in [0.2, 0.25) is 0 Å². The van der Waals surface area contributed by atoms with E-state index in [0.717, 1.165) is 26.5 Å². The van der Waals surface area contributed by atoms with Crippen molar-refractivity contribution in [1.29, 1.82) is 0 Å². The molecule has 0 spiro atoms. The third-order valence-electron chi connectivity index (χ3n) is 2.91. The Hall–Kier alpha value is -1.34. The van der Waals surface area contributed by atoms with Crippen molar-refractivity contribution in [3.05, 3.63) is 28.0 Å². The number of carbonyl (C=O) groups excluding carboxylic acids is 1. The van der Waals surface area contributed by atoms with Crippen LogP contribution in [0.1, 0.15) is 40.1 Å². The lowest BCUT2D eigenvalue weighted by atomic mass is 10.2. The normalized spacial score (nSPS) is 11.1. The van der Waals surface area contributed by atoms with Gasteiger partial charge < -0.3 is 9.88 Å². The average Bonchev–Trinajstić information content (AvgIpc) is 3.01. The lowest BCUT2D eigenvalue weighted by molar-refractivity contribution is 0.0959. The molecular formula is C14H20N4OS2. The number of hydrogen-bond acceptors (Lipinski definition) is 5. The molecule has 0 unspecified atom stereocenters. The van der Waals surface area contributed by atoms with Crippen LogP contribution in [-0.4, -0.2) is 32.7 Å². The molecule has 0 aromatic carbocycles. The van der Waals surface area contributed by atoms with Crippen molar-refractivity contribution < 1.29 is 4.79 Å². The van der Waals surface area contributed by atoms with Gasteiger partial charge in [-0.15, -0.1) is 11.3 Å². The van der Waals surface area contributed by atoms with Gasteiger partial charge in [0, 0.05) is 37.7 Å². The van der Waals surface area contributed by atoms with Gasteiger partial charge in [-0.1, -0.05) is 25.6 Å². The summed E-state index contributed by atoms with van der Waals surface area (Å²) in [5.41, 5.74) is 0.818. The van der Waals surface area contributed by atoms with Gasteiger partial charge in [0.25, 0.3) is 5.91 Å². The molecule has 1 N–H and O–H groups in total. The van der Waals surface area contributed by atoms with E-state index in [-0.39, 0.29) is 5.91 Å². The van der Waals surface area contributed by atoms with Gasteiger partial charge in [0.2, 0.25) is 0 Å². The van der Waals surface area contributed by atoms with E-state index in [2.05, 4.69) is 29.1 Å². The Labute approximate surface area is 133 Å². The second kappa shape index (κ2) is 7.09. The van der Waals surface area contributed by atoms with E-state index in [0.29, 0.717) is 12.5 Å². The van der Waals surface area contributed by atoms with Crippen molar-refractivity contribution in [2.24, 2.45) is 7.05 Å². The second-order valence-electron chi connectivity index (χ2n) is 5.05. The van der Waals surface area contributed by atoms with Crippen LogP contribution in [0.4, 0.5) is 0 Å². The van der Waals surface area contributed by atoms with Gasteiger partial charge in [-0.3, -0.25) is 4.79 Å². The van der Waals surface area contributed by atoms with Crippen molar-refractivity contribution in [2.75, 3.05) is 12.3 Å². The smallest absolute Gasteiger partial charge is 0.263 e. The first-order valence-corrected chi connectivity index (χ1v) is 8.65. The molecule has 7 heteroatoms. The first-order valence-electron chi connectivity index (χ1n) is 6.84. The molecule has 0 saturated carbocycles. The van der Waals surface area contributed by atoms with E-state index in [1.807, 2.05) is 24.7 Å². The summed E-state index contributed by atoms with van der Waals surface area (Å²) in [5, 5.41) is 4.92. The predicted octanol–water partition coefficient (Wildman–Crippen LogP) is 2.83. The summed E-state index contributed by atoms with van der Waals surface area (Å²) in [4.78, 5) is 21.6. The molecule has 0 aliphatic heterocycles. The zero-order chi connectivity index (χ0) is 15.4. The Morgan fingerprint density at radius 1 is 1.52 bits per heavy atom. The zero-order valence-corrected chi connectivity index (χ0v) is 14.3. The fraction of sp³-hybridized carbons (Fsp3) is 0.500. The quantitative estimate of drug-likeness (QED) is 0.656. The molecular weight excluding hydrogens is 304 g/mol. The monoisotopic (exact) mass is 324 g/mol. The fourth-order valence-electron chi connectivity index (χ4n) is 1.75. The molecule has 0 radical (unpaired) electrons. The Kier molecular flexibility index (Phi) is 5.41. The summed E-state index contributed by atoms with van der Waals surface area (Å²) in [6.07, 6.45) is 3.68. The van der Waals surface area contributed by atoms with Crippen molar-refractivity contribution in [3.8, 4) is 0 Å². The number of carbonyl (C=O) groups is 1. The van der Waals surface area contributed by atoms with Gasteiger partial charge in [-0.25, -0.2) is 9.97 Å². The number of amides is 1. The maximum atomic E-state index is 12.2. The standard InChI is InChI=1S/C14H20N4OS2/c1-9(2)13-17-10(3)11(21-13)12(19)15-6-8-20-14-16-5-7-18(14)4/h5,7,9H,6,8H2,1-4H3,(H,15,19). The highest BCUT2D eigenvalue weighted by Crippen LogP contribution is 2.24. The number of nitrogens with zero attached hydrogens (tertiary/aromatic N) is 3. The minimum absolute atomic E-state index is 0.0302. The molecule has 2 aromatic rings. The van der Waals surface area contributed by atoms with Crippen LogP contribution >= 0.6 is 23.1 Å². The summed E-state index contributed by atoms with van der Waals surface area (Å²) >= 11 is 3.12. The lowest BCUT2D eigenvalue weighted by Crippen LogP contribution is -2.25. The van der Waals surface area contributed by atoms with E-state index in [1.54, 1.807) is 18.0 Å². The van der Waals surface area contributed by atoms with Crippen molar-refractivity contribution in [2.45, 2.75) is 31.8 Å². The molecule has 0 aliphatic rings. The van der Waals surface area contributed by atoms with Crippen LogP contribution in [-0.2, 0) is 7.05 Å². The minimum atomic E-state index is -0.0302. The van der Waals surface area contributed by atoms with E-state index in [9.17, 15) is 4.79 Å². The molecule has 5 nitrogen and oxygen atoms in total. The van der Waals surface area contributed by atoms with Gasteiger partial charge in [0.05, 0.1) is 10.7 Å². The topological polar surface area (TPSA) is 59.8 Å². The Morgan fingerprint density at radius 2 is 2.29 bits per heavy atom. The summed E-state index contributed by atoms with van der Waals surface area (Å²) in [6, 6.07) is 0. The summed E-state index contributed by atoms with van der Waals surface area (Å²) in [6.45, 7) is 6.68. The van der Waals surface area contributed by atoms with Crippen LogP contribution in [0, 0.1) is 6.92 Å². The minimum Gasteiger partial charge on any atom is -0.350 e. The van der Waals surface area contributed by atoms with Crippen LogP contribution in [0.15, 0.2) is 17.6 Å². The first-order chi connectivity index (χ1) is 9.99. The van der Waals surface area contributed by atoms with Crippen molar-refractivity contribution >= 4 is 29.0 Å². The zero-order valence-electron chi connectivity index (χ0n) is 12.7. The molecule has 0 fully saturated rings. The van der Waals surface area contributed by atoms with Gasteiger partial charge in [-0.05, 0) is 6.92 Å². The van der Waals surface area contributed by atoms with E-state index in [1.165, 1.54) is 11.3 Å². The predicted molar refractivity (Wildman–Crippen MR) is 87.2 cm³/mol. The molecule has 0 atom stereocenters. The highest BCUT2D eigenvalue weighted by atomic mass is 32.2. The molecule has 2 aromatic heterocycles. The Bertz CT molecular complexity index is 618. The van der Waals surface area contributed by atoms with Crippen LogP contribution in [0.3, 0.4) is 0 Å². The SMILES string of the molecule is Cc1nc(C(C)C)sc1C(=O)NCCSc1nccn1C. The van der Waals surface area contributed by atoms with Crippen molar-refractivity contribution in [3.63, 3.8) is 0 Å². The lowest BCUT2D eigenvalue weighted by Gasteiger charge is -2.04. The molecule has 0 bridgehead atoms. The summed E-state index contributed by atoms with van der Waals surface area (Å²) < 4.78 is 1.97. The number of imidazole rings is 1. The van der Waals surface area contributed by atoms with E-state index >= 15 is 0 Å². The van der Waals surface area contributed by atoms with Crippen LogP contribution < -0.4 is 5.32 Å². The Balaban J connectivity index is 1.83. The largest absolute Gasteiger partial charge is 0.350 e. The number of thioether (sulfide) groups is 1. The van der Waals surface area contributed by atoms with Gasteiger partial charge in [0.1, 0.15) is 4.88 Å². The number of nitrogens with one attached hydrogen (secondary N) is 1. The highest BCUT2D eigenvalue weighted by molar-refractivity contribution is 7.99. The molecule has 2 rings (SSSR count). The fourth-order valence-corrected chi connectivity index (χ4v) is 3.53.